The molecule has 11 nitrogen and oxygen atoms in total. The largest absolute Gasteiger partial charge is 0.478 e. The third kappa shape index (κ3) is 6.67. The van der Waals surface area contributed by atoms with Gasteiger partial charge in [0.15, 0.2) is 0 Å². The Bertz CT molecular complexity index is 2260. The quantitative estimate of drug-likeness (QED) is 0.164. The molecule has 0 spiro atoms. The maximum atomic E-state index is 15.6. The van der Waals surface area contributed by atoms with E-state index in [1.54, 1.807) is 41.2 Å². The van der Waals surface area contributed by atoms with Crippen molar-refractivity contribution < 1.29 is 37.3 Å². The number of aromatic carboxylic acids is 1. The number of aromatic nitrogens is 6. The molecule has 0 unspecified atom stereocenters. The predicted molar refractivity (Wildman–Crippen MR) is 178 cm³/mol. The van der Waals surface area contributed by atoms with E-state index in [-0.39, 0.29) is 59.0 Å². The Morgan fingerprint density at radius 2 is 1.78 bits per heavy atom. The highest BCUT2D eigenvalue weighted by atomic mass is 19.1. The molecular formula is C37H31F3N6O5. The fraction of sp³-hybridized carbons (Fsp3) is 0.270. The van der Waals surface area contributed by atoms with Crippen LogP contribution in [0.1, 0.15) is 46.2 Å². The van der Waals surface area contributed by atoms with Gasteiger partial charge in [0.1, 0.15) is 35.6 Å². The summed E-state index contributed by atoms with van der Waals surface area (Å²) in [5.41, 5.74) is 2.74. The van der Waals surface area contributed by atoms with Gasteiger partial charge in [0.25, 0.3) is 0 Å². The van der Waals surface area contributed by atoms with Crippen molar-refractivity contribution >= 4 is 17.0 Å². The van der Waals surface area contributed by atoms with Crippen molar-refractivity contribution in [2.45, 2.75) is 44.6 Å². The Morgan fingerprint density at radius 3 is 2.55 bits per heavy atom. The highest BCUT2D eigenvalue weighted by Gasteiger charge is 2.24. The third-order valence-corrected chi connectivity index (χ3v) is 9.25. The lowest BCUT2D eigenvalue weighted by Gasteiger charge is -2.27. The molecule has 2 saturated heterocycles. The second-order valence-electron chi connectivity index (χ2n) is 12.6. The summed E-state index contributed by atoms with van der Waals surface area (Å²) in [6.07, 6.45) is 3.32. The maximum Gasteiger partial charge on any atom is 0.335 e. The molecule has 0 bridgehead atoms. The zero-order chi connectivity index (χ0) is 35.1. The number of carbonyl (C=O) groups is 1. The summed E-state index contributed by atoms with van der Waals surface area (Å²) < 4.78 is 66.7. The van der Waals surface area contributed by atoms with Gasteiger partial charge in [-0.05, 0) is 60.9 Å². The van der Waals surface area contributed by atoms with Crippen LogP contribution in [-0.2, 0) is 29.0 Å². The van der Waals surface area contributed by atoms with Gasteiger partial charge in [0.2, 0.25) is 5.88 Å². The van der Waals surface area contributed by atoms with Crippen molar-refractivity contribution in [1.29, 1.82) is 0 Å². The van der Waals surface area contributed by atoms with Crippen molar-refractivity contribution in [1.82, 2.24) is 29.5 Å². The van der Waals surface area contributed by atoms with Crippen LogP contribution in [0.2, 0.25) is 0 Å². The Balaban J connectivity index is 0.984. The smallest absolute Gasteiger partial charge is 0.335 e. The van der Waals surface area contributed by atoms with Gasteiger partial charge in [0, 0.05) is 42.4 Å². The van der Waals surface area contributed by atoms with Crippen LogP contribution >= 0.6 is 0 Å². The number of benzene rings is 3. The Hall–Kier alpha value is -5.60. The number of imidazole rings is 1. The van der Waals surface area contributed by atoms with Crippen molar-refractivity contribution in [3.63, 3.8) is 0 Å². The predicted octanol–water partition coefficient (Wildman–Crippen LogP) is 6.39. The van der Waals surface area contributed by atoms with E-state index < -0.39 is 23.4 Å². The number of hydrogen-bond acceptors (Lipinski definition) is 8. The summed E-state index contributed by atoms with van der Waals surface area (Å²) >= 11 is 0. The summed E-state index contributed by atoms with van der Waals surface area (Å²) in [7, 11) is 0. The first-order valence-corrected chi connectivity index (χ1v) is 16.5. The molecule has 14 heteroatoms. The molecule has 6 aromatic rings. The summed E-state index contributed by atoms with van der Waals surface area (Å²) in [5.74, 6) is -2.38. The van der Waals surface area contributed by atoms with Crippen LogP contribution in [0.3, 0.4) is 0 Å². The Morgan fingerprint density at radius 1 is 0.922 bits per heavy atom. The molecule has 2 atom stereocenters. The van der Waals surface area contributed by atoms with E-state index in [0.29, 0.717) is 54.5 Å². The Kier molecular flexibility index (Phi) is 8.70. The molecule has 2 aliphatic heterocycles. The third-order valence-electron chi connectivity index (χ3n) is 9.25. The van der Waals surface area contributed by atoms with Gasteiger partial charge in [-0.2, -0.15) is 0 Å². The number of hydrogen-bond donors (Lipinski definition) is 1. The Labute approximate surface area is 289 Å². The van der Waals surface area contributed by atoms with Crippen molar-refractivity contribution in [3.05, 3.63) is 113 Å². The van der Waals surface area contributed by atoms with Crippen molar-refractivity contribution in [2.24, 2.45) is 0 Å². The lowest BCUT2D eigenvalue weighted by Crippen LogP contribution is -2.31. The number of ether oxygens (including phenoxy) is 3. The normalized spacial score (nSPS) is 17.2. The standard InChI is InChI=1S/C37H31F3N6O5/c38-28-12-21(33-18-46(44-43-33)25-8-10-49-20-25)4-5-23(28)19-51-36-3-1-2-31(42-36)27-16-29(39)24(13-30(27)40)15-35-41-32-7-6-22(37(47)48)14-34(32)45(35)17-26-9-11-50-26/h1-7,12-14,16,18,25-26H,8-11,15,17,19-20H2,(H,47,48)/t25-,26+/m1/s1. The van der Waals surface area contributed by atoms with Gasteiger partial charge in [-0.15, -0.1) is 5.10 Å². The molecule has 51 heavy (non-hydrogen) atoms. The van der Waals surface area contributed by atoms with E-state index in [9.17, 15) is 9.90 Å². The van der Waals surface area contributed by atoms with Crippen LogP contribution in [0.25, 0.3) is 33.5 Å². The molecule has 2 aliphatic rings. The number of fused-ring (bicyclic) bond motifs is 1. The minimum atomic E-state index is -1.08. The van der Waals surface area contributed by atoms with Gasteiger partial charge in [-0.25, -0.2) is 32.6 Å². The number of halogens is 3. The first-order chi connectivity index (χ1) is 24.8. The number of carboxylic acids is 1. The number of nitrogens with zero attached hydrogens (tertiary/aromatic N) is 6. The van der Waals surface area contributed by atoms with Gasteiger partial charge in [-0.3, -0.25) is 0 Å². The molecule has 0 radical (unpaired) electrons. The monoisotopic (exact) mass is 696 g/mol. The van der Waals surface area contributed by atoms with Crippen LogP contribution in [-0.4, -0.2) is 66.5 Å². The van der Waals surface area contributed by atoms with Gasteiger partial charge in [-0.1, -0.05) is 23.4 Å². The lowest BCUT2D eigenvalue weighted by atomic mass is 10.0. The summed E-state index contributed by atoms with van der Waals surface area (Å²) in [4.78, 5) is 20.6. The minimum Gasteiger partial charge on any atom is -0.478 e. The van der Waals surface area contributed by atoms with Crippen LogP contribution in [0.15, 0.2) is 72.9 Å². The topological polar surface area (TPSA) is 126 Å². The first kappa shape index (κ1) is 32.6. The molecule has 2 fully saturated rings. The van der Waals surface area contributed by atoms with E-state index in [1.165, 1.54) is 24.3 Å². The molecule has 0 amide bonds. The van der Waals surface area contributed by atoms with E-state index >= 15 is 13.2 Å². The fourth-order valence-corrected chi connectivity index (χ4v) is 6.31. The summed E-state index contributed by atoms with van der Waals surface area (Å²) in [6.45, 7) is 2.12. The minimum absolute atomic E-state index is 0.0400. The second kappa shape index (κ2) is 13.6. The van der Waals surface area contributed by atoms with E-state index in [2.05, 4.69) is 20.3 Å². The highest BCUT2D eigenvalue weighted by molar-refractivity contribution is 5.92. The average Bonchev–Trinajstić information content (AvgIpc) is 3.88. The van der Waals surface area contributed by atoms with Crippen LogP contribution in [0.5, 0.6) is 5.88 Å². The molecule has 8 rings (SSSR count). The number of pyridine rings is 1. The van der Waals surface area contributed by atoms with Crippen molar-refractivity contribution in [3.8, 4) is 28.4 Å². The lowest BCUT2D eigenvalue weighted by molar-refractivity contribution is -0.0589. The average molecular weight is 697 g/mol. The van der Waals surface area contributed by atoms with Gasteiger partial charge < -0.3 is 23.9 Å². The number of rotatable bonds is 11. The van der Waals surface area contributed by atoms with E-state index in [1.807, 2.05) is 4.57 Å². The molecule has 260 valence electrons. The molecule has 5 heterocycles. The van der Waals surface area contributed by atoms with Crippen LogP contribution in [0.4, 0.5) is 13.2 Å². The maximum absolute atomic E-state index is 15.6. The molecule has 0 saturated carbocycles. The molecule has 0 aliphatic carbocycles. The van der Waals surface area contributed by atoms with E-state index in [0.717, 1.165) is 25.0 Å². The van der Waals surface area contributed by atoms with E-state index in [4.69, 9.17) is 14.2 Å². The van der Waals surface area contributed by atoms with Gasteiger partial charge in [0.05, 0.1) is 53.8 Å². The first-order valence-electron chi connectivity index (χ1n) is 16.5. The molecular weight excluding hydrogens is 665 g/mol. The highest BCUT2D eigenvalue weighted by Crippen LogP contribution is 2.30. The summed E-state index contributed by atoms with van der Waals surface area (Å²) in [5, 5.41) is 17.8. The SMILES string of the molecule is O=C(O)c1ccc2nc(Cc3cc(F)c(-c4cccc(OCc5ccc(-c6cn([C@@H]7CCOC7)nn6)cc5F)n4)cc3F)n(C[C@@H]3CCO3)c2c1. The summed E-state index contributed by atoms with van der Waals surface area (Å²) in [6, 6.07) is 16.3. The fourth-order valence-electron chi connectivity index (χ4n) is 6.31. The van der Waals surface area contributed by atoms with Crippen LogP contribution in [0, 0.1) is 17.5 Å². The molecule has 1 N–H and O–H groups in total. The van der Waals surface area contributed by atoms with Crippen molar-refractivity contribution in [2.75, 3.05) is 19.8 Å². The zero-order valence-corrected chi connectivity index (χ0v) is 27.1. The molecule has 3 aromatic heterocycles. The zero-order valence-electron chi connectivity index (χ0n) is 27.1. The van der Waals surface area contributed by atoms with Crippen LogP contribution < -0.4 is 4.74 Å². The number of carboxylic acid groups (broad SMARTS) is 1. The molecule has 3 aromatic carbocycles. The van der Waals surface area contributed by atoms with Gasteiger partial charge >= 0.3 is 5.97 Å². The second-order valence-corrected chi connectivity index (χ2v) is 12.6.